The number of ketones is 1. The quantitative estimate of drug-likeness (QED) is 0.247. The third-order valence-electron chi connectivity index (χ3n) is 6.17. The van der Waals surface area contributed by atoms with E-state index < -0.39 is 23.2 Å². The molecule has 0 aliphatic rings. The molecule has 0 bridgehead atoms. The van der Waals surface area contributed by atoms with Gasteiger partial charge in [-0.05, 0) is 48.2 Å². The van der Waals surface area contributed by atoms with Gasteiger partial charge in [-0.3, -0.25) is 4.79 Å². The fourth-order valence-electron chi connectivity index (χ4n) is 4.26. The summed E-state index contributed by atoms with van der Waals surface area (Å²) in [5.41, 5.74) is 2.59. The lowest BCUT2D eigenvalue weighted by Crippen LogP contribution is -2.17. The standard InChI is InChI=1S/C29H22F3N3O/c1-3-19-8-7-9-22(16-19)20-12-14-21(15-13-20)26(36)25-17-24-18(2)34-35(23-10-5-4-6-11-23)28(24)33-27(25)29(30,31)32/h4-17H,3H2,1-2H3. The third kappa shape index (κ3) is 4.28. The molecule has 0 amide bonds. The third-order valence-corrected chi connectivity index (χ3v) is 6.17. The molecular weight excluding hydrogens is 463 g/mol. The number of rotatable bonds is 5. The Kier molecular flexibility index (Phi) is 5.92. The Labute approximate surface area is 206 Å². The zero-order valence-electron chi connectivity index (χ0n) is 19.7. The van der Waals surface area contributed by atoms with Crippen molar-refractivity contribution < 1.29 is 18.0 Å². The van der Waals surface area contributed by atoms with E-state index in [1.54, 1.807) is 61.5 Å². The number of aryl methyl sites for hydroxylation is 2. The van der Waals surface area contributed by atoms with Crippen LogP contribution in [0.2, 0.25) is 0 Å². The number of hydrogen-bond acceptors (Lipinski definition) is 3. The average molecular weight is 486 g/mol. The van der Waals surface area contributed by atoms with Crippen LogP contribution in [0.15, 0.2) is 84.9 Å². The highest BCUT2D eigenvalue weighted by Gasteiger charge is 2.38. The molecule has 0 aliphatic carbocycles. The highest BCUT2D eigenvalue weighted by Crippen LogP contribution is 2.35. The molecular formula is C29H22F3N3O. The zero-order valence-corrected chi connectivity index (χ0v) is 19.7. The second-order valence-corrected chi connectivity index (χ2v) is 8.55. The number of benzene rings is 3. The van der Waals surface area contributed by atoms with Gasteiger partial charge in [-0.25, -0.2) is 9.67 Å². The number of carbonyl (C=O) groups is 1. The second-order valence-electron chi connectivity index (χ2n) is 8.55. The van der Waals surface area contributed by atoms with Crippen LogP contribution < -0.4 is 0 Å². The fourth-order valence-corrected chi connectivity index (χ4v) is 4.26. The molecule has 180 valence electrons. The number of carbonyl (C=O) groups excluding carboxylic acids is 1. The van der Waals surface area contributed by atoms with Crippen LogP contribution in [-0.2, 0) is 12.6 Å². The Hall–Kier alpha value is -4.26. The minimum absolute atomic E-state index is 0.0497. The van der Waals surface area contributed by atoms with Crippen LogP contribution >= 0.6 is 0 Å². The highest BCUT2D eigenvalue weighted by molar-refractivity contribution is 6.11. The summed E-state index contributed by atoms with van der Waals surface area (Å²) in [6.07, 6.45) is -3.93. The maximum absolute atomic E-state index is 14.1. The highest BCUT2D eigenvalue weighted by atomic mass is 19.4. The van der Waals surface area contributed by atoms with Crippen molar-refractivity contribution in [1.29, 1.82) is 0 Å². The van der Waals surface area contributed by atoms with Crippen LogP contribution in [0.4, 0.5) is 13.2 Å². The molecule has 3 aromatic carbocycles. The molecule has 2 heterocycles. The SMILES string of the molecule is CCc1cccc(-c2ccc(C(=O)c3cc4c(C)nn(-c5ccccc5)c4nc3C(F)(F)F)cc2)c1. The van der Waals surface area contributed by atoms with E-state index in [-0.39, 0.29) is 11.2 Å². The Morgan fingerprint density at radius 2 is 1.61 bits per heavy atom. The van der Waals surface area contributed by atoms with E-state index in [2.05, 4.69) is 23.1 Å². The van der Waals surface area contributed by atoms with Gasteiger partial charge in [0.25, 0.3) is 0 Å². The van der Waals surface area contributed by atoms with Crippen LogP contribution in [0.5, 0.6) is 0 Å². The van der Waals surface area contributed by atoms with Crippen molar-refractivity contribution in [2.24, 2.45) is 0 Å². The molecule has 4 nitrogen and oxygen atoms in total. The number of hydrogen-bond donors (Lipinski definition) is 0. The summed E-state index contributed by atoms with van der Waals surface area (Å²) in [6.45, 7) is 3.75. The molecule has 0 saturated carbocycles. The summed E-state index contributed by atoms with van der Waals surface area (Å²) < 4.78 is 43.7. The van der Waals surface area contributed by atoms with Crippen molar-refractivity contribution in [3.05, 3.63) is 113 Å². The van der Waals surface area contributed by atoms with E-state index in [0.29, 0.717) is 16.8 Å². The topological polar surface area (TPSA) is 47.8 Å². The summed E-state index contributed by atoms with van der Waals surface area (Å²) in [5, 5.41) is 4.78. The molecule has 0 saturated heterocycles. The fraction of sp³-hybridized carbons (Fsp3) is 0.138. The van der Waals surface area contributed by atoms with Crippen molar-refractivity contribution in [2.75, 3.05) is 0 Å². The van der Waals surface area contributed by atoms with Crippen LogP contribution in [0.25, 0.3) is 27.8 Å². The van der Waals surface area contributed by atoms with Gasteiger partial charge in [0.15, 0.2) is 17.1 Å². The van der Waals surface area contributed by atoms with Gasteiger partial charge in [-0.15, -0.1) is 0 Å². The Balaban J connectivity index is 1.59. The molecule has 2 aromatic heterocycles. The average Bonchev–Trinajstić information content (AvgIpc) is 3.23. The first-order valence-corrected chi connectivity index (χ1v) is 11.5. The maximum atomic E-state index is 14.1. The second kappa shape index (κ2) is 9.07. The summed E-state index contributed by atoms with van der Waals surface area (Å²) in [5.74, 6) is -0.738. The Morgan fingerprint density at radius 1 is 0.889 bits per heavy atom. The first-order chi connectivity index (χ1) is 17.3. The number of para-hydroxylation sites is 1. The molecule has 0 fully saturated rings. The number of nitrogens with zero attached hydrogens (tertiary/aromatic N) is 3. The maximum Gasteiger partial charge on any atom is 0.434 e. The first kappa shape index (κ1) is 23.5. The molecule has 0 atom stereocenters. The smallest absolute Gasteiger partial charge is 0.289 e. The van der Waals surface area contributed by atoms with E-state index >= 15 is 0 Å². The van der Waals surface area contributed by atoms with Gasteiger partial charge in [0.2, 0.25) is 0 Å². The predicted molar refractivity (Wildman–Crippen MR) is 133 cm³/mol. The summed E-state index contributed by atoms with van der Waals surface area (Å²) in [6, 6.07) is 24.7. The van der Waals surface area contributed by atoms with Gasteiger partial charge in [-0.2, -0.15) is 18.3 Å². The number of halogens is 3. The molecule has 5 aromatic rings. The number of pyridine rings is 1. The molecule has 0 aliphatic heterocycles. The van der Waals surface area contributed by atoms with Gasteiger partial charge in [-0.1, -0.05) is 73.7 Å². The monoisotopic (exact) mass is 485 g/mol. The zero-order chi connectivity index (χ0) is 25.4. The van der Waals surface area contributed by atoms with Crippen LogP contribution in [0.3, 0.4) is 0 Å². The first-order valence-electron chi connectivity index (χ1n) is 11.5. The van der Waals surface area contributed by atoms with E-state index in [0.717, 1.165) is 17.5 Å². The predicted octanol–water partition coefficient (Wildman–Crippen LogP) is 7.21. The van der Waals surface area contributed by atoms with E-state index in [1.165, 1.54) is 16.3 Å². The minimum Gasteiger partial charge on any atom is -0.289 e. The van der Waals surface area contributed by atoms with Crippen molar-refractivity contribution in [3.63, 3.8) is 0 Å². The minimum atomic E-state index is -4.82. The van der Waals surface area contributed by atoms with Crippen molar-refractivity contribution in [1.82, 2.24) is 14.8 Å². The molecule has 36 heavy (non-hydrogen) atoms. The van der Waals surface area contributed by atoms with Gasteiger partial charge in [0, 0.05) is 10.9 Å². The lowest BCUT2D eigenvalue weighted by Gasteiger charge is -2.13. The molecule has 7 heteroatoms. The number of alkyl halides is 3. The molecule has 0 spiro atoms. The molecule has 0 N–H and O–H groups in total. The normalized spacial score (nSPS) is 11.7. The molecule has 0 radical (unpaired) electrons. The van der Waals surface area contributed by atoms with Crippen LogP contribution in [0.1, 0.15) is 39.8 Å². The van der Waals surface area contributed by atoms with Crippen LogP contribution in [0, 0.1) is 6.92 Å². The van der Waals surface area contributed by atoms with Gasteiger partial charge >= 0.3 is 6.18 Å². The van der Waals surface area contributed by atoms with Crippen LogP contribution in [-0.4, -0.2) is 20.5 Å². The van der Waals surface area contributed by atoms with Gasteiger partial charge in [0.05, 0.1) is 16.9 Å². The van der Waals surface area contributed by atoms with Crippen molar-refractivity contribution in [3.8, 4) is 16.8 Å². The Bertz CT molecular complexity index is 1570. The van der Waals surface area contributed by atoms with E-state index in [1.807, 2.05) is 18.2 Å². The summed E-state index contributed by atoms with van der Waals surface area (Å²) >= 11 is 0. The number of fused-ring (bicyclic) bond motifs is 1. The van der Waals surface area contributed by atoms with E-state index in [4.69, 9.17) is 0 Å². The lowest BCUT2D eigenvalue weighted by molar-refractivity contribution is -0.141. The van der Waals surface area contributed by atoms with Gasteiger partial charge < -0.3 is 0 Å². The molecule has 5 rings (SSSR count). The summed E-state index contributed by atoms with van der Waals surface area (Å²) in [4.78, 5) is 17.3. The summed E-state index contributed by atoms with van der Waals surface area (Å²) in [7, 11) is 0. The van der Waals surface area contributed by atoms with Crippen molar-refractivity contribution in [2.45, 2.75) is 26.4 Å². The molecule has 0 unspecified atom stereocenters. The largest absolute Gasteiger partial charge is 0.434 e. The van der Waals surface area contributed by atoms with E-state index in [9.17, 15) is 18.0 Å². The lowest BCUT2D eigenvalue weighted by atomic mass is 9.97. The van der Waals surface area contributed by atoms with Crippen molar-refractivity contribution >= 4 is 16.8 Å². The number of aromatic nitrogens is 3. The van der Waals surface area contributed by atoms with Gasteiger partial charge in [0.1, 0.15) is 0 Å². The Morgan fingerprint density at radius 3 is 2.28 bits per heavy atom.